The van der Waals surface area contributed by atoms with Gasteiger partial charge >= 0.3 is 0 Å². The number of aromatic nitrogens is 1. The highest BCUT2D eigenvalue weighted by molar-refractivity contribution is 6.04. The van der Waals surface area contributed by atoms with Gasteiger partial charge in [-0.3, -0.25) is 4.79 Å². The minimum absolute atomic E-state index is 0.211. The molecule has 0 atom stereocenters. The molecule has 128 valence electrons. The number of H-pyrrole nitrogens is 1. The molecule has 0 saturated carbocycles. The maximum absolute atomic E-state index is 12.9. The molecule has 0 saturated heterocycles. The fourth-order valence-electron chi connectivity index (χ4n) is 2.96. The smallest absolute Gasteiger partial charge is 0.255 e. The van der Waals surface area contributed by atoms with Gasteiger partial charge < -0.3 is 10.3 Å². The van der Waals surface area contributed by atoms with Gasteiger partial charge in [0.05, 0.1) is 0 Å². The number of nitrogens with one attached hydrogen (secondary N) is 2. The van der Waals surface area contributed by atoms with Gasteiger partial charge in [-0.2, -0.15) is 0 Å². The summed E-state index contributed by atoms with van der Waals surface area (Å²) in [6.07, 6.45) is 2.74. The summed E-state index contributed by atoms with van der Waals surface area (Å²) in [6, 6.07) is 21.7. The molecule has 4 rings (SSSR count). The van der Waals surface area contributed by atoms with Crippen molar-refractivity contribution in [2.24, 2.45) is 0 Å². The number of anilines is 1. The first-order chi connectivity index (χ1) is 12.7. The fourth-order valence-corrected chi connectivity index (χ4v) is 2.96. The second-order valence-electron chi connectivity index (χ2n) is 6.23. The van der Waals surface area contributed by atoms with E-state index >= 15 is 0 Å². The average molecular weight is 344 g/mol. The van der Waals surface area contributed by atoms with E-state index in [1.165, 1.54) is 23.1 Å². The summed E-state index contributed by atoms with van der Waals surface area (Å²) in [7, 11) is 0. The van der Waals surface area contributed by atoms with Crippen LogP contribution in [0.1, 0.15) is 21.5 Å². The predicted molar refractivity (Wildman–Crippen MR) is 102 cm³/mol. The van der Waals surface area contributed by atoms with Crippen molar-refractivity contribution >= 4 is 22.5 Å². The van der Waals surface area contributed by atoms with Crippen molar-refractivity contribution in [3.05, 3.63) is 102 Å². The lowest BCUT2D eigenvalue weighted by molar-refractivity contribution is 0.102. The molecule has 0 fully saturated rings. The Kier molecular flexibility index (Phi) is 4.23. The molecule has 3 nitrogen and oxygen atoms in total. The Balaban J connectivity index is 1.45. The molecule has 1 amide bonds. The first kappa shape index (κ1) is 16.1. The Morgan fingerprint density at radius 3 is 2.38 bits per heavy atom. The third kappa shape index (κ3) is 3.49. The zero-order valence-electron chi connectivity index (χ0n) is 14.0. The number of rotatable bonds is 4. The third-order valence-electron chi connectivity index (χ3n) is 4.34. The molecule has 0 aliphatic carbocycles. The van der Waals surface area contributed by atoms with Crippen LogP contribution in [0.15, 0.2) is 79.0 Å². The van der Waals surface area contributed by atoms with Gasteiger partial charge in [0.1, 0.15) is 5.82 Å². The molecular formula is C22H17FN2O. The SMILES string of the molecule is O=C(Nc1ccc(F)cc1)c1ccc(Cc2ccc3[nH]ccc3c2)cc1. The number of aromatic amines is 1. The molecule has 1 heterocycles. The molecule has 2 N–H and O–H groups in total. The first-order valence-electron chi connectivity index (χ1n) is 8.39. The van der Waals surface area contributed by atoms with Crippen molar-refractivity contribution in [3.63, 3.8) is 0 Å². The van der Waals surface area contributed by atoms with Crippen LogP contribution in [0.2, 0.25) is 0 Å². The van der Waals surface area contributed by atoms with Crippen molar-refractivity contribution in [2.45, 2.75) is 6.42 Å². The number of carbonyl (C=O) groups excluding carboxylic acids is 1. The van der Waals surface area contributed by atoms with E-state index in [9.17, 15) is 9.18 Å². The second kappa shape index (κ2) is 6.84. The highest BCUT2D eigenvalue weighted by Crippen LogP contribution is 2.18. The molecule has 0 aliphatic heterocycles. The van der Waals surface area contributed by atoms with E-state index in [1.54, 1.807) is 12.1 Å². The molecule has 0 bridgehead atoms. The van der Waals surface area contributed by atoms with Gasteiger partial charge in [0, 0.05) is 23.0 Å². The number of carbonyl (C=O) groups is 1. The van der Waals surface area contributed by atoms with Gasteiger partial charge in [-0.05, 0) is 77.5 Å². The van der Waals surface area contributed by atoms with E-state index in [-0.39, 0.29) is 11.7 Å². The number of hydrogen-bond donors (Lipinski definition) is 2. The van der Waals surface area contributed by atoms with Crippen LogP contribution < -0.4 is 5.32 Å². The summed E-state index contributed by atoms with van der Waals surface area (Å²) >= 11 is 0. The van der Waals surface area contributed by atoms with Gasteiger partial charge in [0.15, 0.2) is 0 Å². The molecule has 3 aromatic carbocycles. The van der Waals surface area contributed by atoms with Crippen molar-refractivity contribution in [3.8, 4) is 0 Å². The van der Waals surface area contributed by atoms with E-state index in [2.05, 4.69) is 34.6 Å². The van der Waals surface area contributed by atoms with Crippen LogP contribution >= 0.6 is 0 Å². The molecule has 0 radical (unpaired) electrons. The summed E-state index contributed by atoms with van der Waals surface area (Å²) < 4.78 is 12.9. The normalized spacial score (nSPS) is 10.8. The molecule has 1 aromatic heterocycles. The Hall–Kier alpha value is -3.40. The van der Waals surface area contributed by atoms with Crippen molar-refractivity contribution in [2.75, 3.05) is 5.32 Å². The monoisotopic (exact) mass is 344 g/mol. The Bertz CT molecular complexity index is 1050. The van der Waals surface area contributed by atoms with Crippen LogP contribution in [-0.4, -0.2) is 10.9 Å². The summed E-state index contributed by atoms with van der Waals surface area (Å²) in [4.78, 5) is 15.5. The molecule has 26 heavy (non-hydrogen) atoms. The number of benzene rings is 3. The van der Waals surface area contributed by atoms with E-state index in [4.69, 9.17) is 0 Å². The van der Waals surface area contributed by atoms with Crippen LogP contribution in [0.25, 0.3) is 10.9 Å². The molecule has 4 aromatic rings. The highest BCUT2D eigenvalue weighted by atomic mass is 19.1. The van der Waals surface area contributed by atoms with Crippen molar-refractivity contribution in [1.82, 2.24) is 4.98 Å². The van der Waals surface area contributed by atoms with Gasteiger partial charge in [-0.25, -0.2) is 4.39 Å². The highest BCUT2D eigenvalue weighted by Gasteiger charge is 2.07. The van der Waals surface area contributed by atoms with E-state index < -0.39 is 0 Å². The van der Waals surface area contributed by atoms with Crippen LogP contribution in [0.3, 0.4) is 0 Å². The topological polar surface area (TPSA) is 44.9 Å². The number of fused-ring (bicyclic) bond motifs is 1. The number of amides is 1. The van der Waals surface area contributed by atoms with Gasteiger partial charge in [-0.15, -0.1) is 0 Å². The quantitative estimate of drug-likeness (QED) is 0.528. The lowest BCUT2D eigenvalue weighted by Gasteiger charge is -2.07. The fraction of sp³-hybridized carbons (Fsp3) is 0.0455. The standard InChI is InChI=1S/C22H17FN2O/c23-19-6-8-20(9-7-19)25-22(26)17-4-1-15(2-5-17)13-16-3-10-21-18(14-16)11-12-24-21/h1-12,14,24H,13H2,(H,25,26). The lowest BCUT2D eigenvalue weighted by Crippen LogP contribution is -2.11. The molecule has 0 spiro atoms. The minimum atomic E-state index is -0.329. The molecular weight excluding hydrogens is 327 g/mol. The van der Waals surface area contributed by atoms with E-state index in [1.807, 2.05) is 30.5 Å². The van der Waals surface area contributed by atoms with Gasteiger partial charge in [0.2, 0.25) is 0 Å². The van der Waals surface area contributed by atoms with Crippen molar-refractivity contribution < 1.29 is 9.18 Å². The number of halogens is 1. The zero-order valence-corrected chi connectivity index (χ0v) is 14.0. The minimum Gasteiger partial charge on any atom is -0.361 e. The Morgan fingerprint density at radius 2 is 1.62 bits per heavy atom. The molecule has 0 unspecified atom stereocenters. The van der Waals surface area contributed by atoms with Gasteiger partial charge in [-0.1, -0.05) is 18.2 Å². The third-order valence-corrected chi connectivity index (χ3v) is 4.34. The first-order valence-corrected chi connectivity index (χ1v) is 8.39. The summed E-state index contributed by atoms with van der Waals surface area (Å²) in [5, 5.41) is 3.96. The van der Waals surface area contributed by atoms with Gasteiger partial charge in [0.25, 0.3) is 5.91 Å². The Morgan fingerprint density at radius 1 is 0.885 bits per heavy atom. The molecule has 0 aliphatic rings. The average Bonchev–Trinajstić information content (AvgIpc) is 3.12. The van der Waals surface area contributed by atoms with Crippen LogP contribution in [0.4, 0.5) is 10.1 Å². The maximum Gasteiger partial charge on any atom is 0.255 e. The Labute approximate surface area is 150 Å². The van der Waals surface area contributed by atoms with Crippen LogP contribution in [-0.2, 0) is 6.42 Å². The second-order valence-corrected chi connectivity index (χ2v) is 6.23. The largest absolute Gasteiger partial charge is 0.361 e. The molecule has 4 heteroatoms. The van der Waals surface area contributed by atoms with Crippen molar-refractivity contribution in [1.29, 1.82) is 0 Å². The predicted octanol–water partition coefficient (Wildman–Crippen LogP) is 5.15. The number of hydrogen-bond acceptors (Lipinski definition) is 1. The van der Waals surface area contributed by atoms with E-state index in [0.717, 1.165) is 17.5 Å². The lowest BCUT2D eigenvalue weighted by atomic mass is 10.0. The van der Waals surface area contributed by atoms with Crippen LogP contribution in [0.5, 0.6) is 0 Å². The zero-order chi connectivity index (χ0) is 17.9. The summed E-state index contributed by atoms with van der Waals surface area (Å²) in [5.74, 6) is -0.540. The summed E-state index contributed by atoms with van der Waals surface area (Å²) in [5.41, 5.74) is 4.62. The summed E-state index contributed by atoms with van der Waals surface area (Å²) in [6.45, 7) is 0. The maximum atomic E-state index is 12.9. The van der Waals surface area contributed by atoms with E-state index in [0.29, 0.717) is 11.3 Å². The van der Waals surface area contributed by atoms with Crippen LogP contribution in [0, 0.1) is 5.82 Å².